The van der Waals surface area contributed by atoms with Crippen LogP contribution in [0.25, 0.3) is 0 Å². The third-order valence-corrected chi connectivity index (χ3v) is 2.37. The number of anilines is 1. The largest absolute Gasteiger partial charge is 0.383 e. The molecule has 0 saturated heterocycles. The first kappa shape index (κ1) is 13.9. The molecule has 0 spiro atoms. The molecule has 0 fully saturated rings. The second kappa shape index (κ2) is 6.55. The molecule has 0 aliphatic heterocycles. The number of nitrogens with zero attached hydrogens (tertiary/aromatic N) is 1. The van der Waals surface area contributed by atoms with Gasteiger partial charge in [-0.05, 0) is 25.0 Å². The van der Waals surface area contributed by atoms with Crippen LogP contribution in [0.1, 0.15) is 24.8 Å². The number of nitriles is 1. The summed E-state index contributed by atoms with van der Waals surface area (Å²) in [6, 6.07) is 4.08. The van der Waals surface area contributed by atoms with Crippen molar-refractivity contribution in [2.75, 3.05) is 11.9 Å². The van der Waals surface area contributed by atoms with Gasteiger partial charge in [0.2, 0.25) is 5.91 Å². The number of halogens is 2. The summed E-state index contributed by atoms with van der Waals surface area (Å²) in [4.78, 5) is 10.5. The van der Waals surface area contributed by atoms with Gasteiger partial charge in [0.25, 0.3) is 0 Å². The summed E-state index contributed by atoms with van der Waals surface area (Å²) < 4.78 is 26.7. The minimum absolute atomic E-state index is 0.00516. The Kier molecular flexibility index (Phi) is 5.06. The Morgan fingerprint density at radius 3 is 2.67 bits per heavy atom. The molecular weight excluding hydrogens is 240 g/mol. The van der Waals surface area contributed by atoms with E-state index >= 15 is 0 Å². The van der Waals surface area contributed by atoms with Crippen LogP contribution in [0.15, 0.2) is 12.1 Å². The number of carbonyl (C=O) groups excluding carboxylic acids is 1. The molecular formula is C12H13F2N3O. The number of rotatable bonds is 6. The van der Waals surface area contributed by atoms with Gasteiger partial charge in [0.1, 0.15) is 6.07 Å². The highest BCUT2D eigenvalue weighted by Gasteiger charge is 2.12. The molecule has 96 valence electrons. The van der Waals surface area contributed by atoms with Crippen molar-refractivity contribution in [2.45, 2.75) is 19.3 Å². The molecule has 0 aliphatic carbocycles. The van der Waals surface area contributed by atoms with Crippen LogP contribution in [0.2, 0.25) is 0 Å². The van der Waals surface area contributed by atoms with Crippen molar-refractivity contribution in [3.8, 4) is 6.07 Å². The van der Waals surface area contributed by atoms with Crippen molar-refractivity contribution in [1.82, 2.24) is 0 Å². The monoisotopic (exact) mass is 253 g/mol. The molecule has 1 aromatic carbocycles. The van der Waals surface area contributed by atoms with E-state index in [9.17, 15) is 13.6 Å². The maximum absolute atomic E-state index is 13.4. The molecule has 0 aliphatic rings. The number of primary amides is 1. The van der Waals surface area contributed by atoms with E-state index in [1.807, 2.05) is 0 Å². The number of hydrogen-bond donors (Lipinski definition) is 2. The van der Waals surface area contributed by atoms with E-state index in [4.69, 9.17) is 11.0 Å². The molecule has 0 heterocycles. The lowest BCUT2D eigenvalue weighted by Gasteiger charge is -2.08. The molecule has 0 atom stereocenters. The molecule has 4 nitrogen and oxygen atoms in total. The maximum atomic E-state index is 13.4. The lowest BCUT2D eigenvalue weighted by Crippen LogP contribution is -2.11. The first-order chi connectivity index (χ1) is 8.56. The van der Waals surface area contributed by atoms with Gasteiger partial charge in [-0.1, -0.05) is 0 Å². The van der Waals surface area contributed by atoms with E-state index in [-0.39, 0.29) is 23.6 Å². The number of hydrogen-bond acceptors (Lipinski definition) is 3. The van der Waals surface area contributed by atoms with Crippen LogP contribution < -0.4 is 11.1 Å². The van der Waals surface area contributed by atoms with Crippen molar-refractivity contribution < 1.29 is 13.6 Å². The number of nitrogens with one attached hydrogen (secondary N) is 1. The van der Waals surface area contributed by atoms with E-state index in [1.54, 1.807) is 6.07 Å². The van der Waals surface area contributed by atoms with Crippen LogP contribution in [0.5, 0.6) is 0 Å². The Morgan fingerprint density at radius 1 is 1.33 bits per heavy atom. The summed E-state index contributed by atoms with van der Waals surface area (Å²) >= 11 is 0. The van der Waals surface area contributed by atoms with Crippen molar-refractivity contribution in [1.29, 1.82) is 5.26 Å². The third-order valence-electron chi connectivity index (χ3n) is 2.37. The quantitative estimate of drug-likeness (QED) is 0.760. The number of nitrogens with two attached hydrogens (primary N) is 1. The topological polar surface area (TPSA) is 78.9 Å². The summed E-state index contributed by atoms with van der Waals surface area (Å²) in [7, 11) is 0. The van der Waals surface area contributed by atoms with Gasteiger partial charge in [0, 0.05) is 13.0 Å². The summed E-state index contributed by atoms with van der Waals surface area (Å²) in [5.41, 5.74) is 4.64. The zero-order valence-corrected chi connectivity index (χ0v) is 9.67. The van der Waals surface area contributed by atoms with Crippen LogP contribution in [-0.2, 0) is 4.79 Å². The summed E-state index contributed by atoms with van der Waals surface area (Å²) in [5, 5.41) is 11.2. The lowest BCUT2D eigenvalue weighted by atomic mass is 10.2. The molecule has 6 heteroatoms. The van der Waals surface area contributed by atoms with Gasteiger partial charge in [-0.25, -0.2) is 8.78 Å². The minimum Gasteiger partial charge on any atom is -0.383 e. The molecule has 18 heavy (non-hydrogen) atoms. The fourth-order valence-electron chi connectivity index (χ4n) is 1.42. The Balaban J connectivity index is 2.51. The van der Waals surface area contributed by atoms with E-state index in [2.05, 4.69) is 5.32 Å². The highest BCUT2D eigenvalue weighted by Crippen LogP contribution is 2.20. The fourth-order valence-corrected chi connectivity index (χ4v) is 1.42. The Morgan fingerprint density at radius 2 is 2.06 bits per heavy atom. The summed E-state index contributed by atoms with van der Waals surface area (Å²) in [6.07, 6.45) is 1.47. The smallest absolute Gasteiger partial charge is 0.217 e. The van der Waals surface area contributed by atoms with Crippen LogP contribution in [0.4, 0.5) is 14.5 Å². The molecule has 0 radical (unpaired) electrons. The molecule has 1 rings (SSSR count). The van der Waals surface area contributed by atoms with E-state index in [0.29, 0.717) is 19.4 Å². The van der Waals surface area contributed by atoms with Crippen molar-refractivity contribution in [2.24, 2.45) is 5.73 Å². The first-order valence-electron chi connectivity index (χ1n) is 5.46. The van der Waals surface area contributed by atoms with Gasteiger partial charge >= 0.3 is 0 Å². The number of amides is 1. The number of carbonyl (C=O) groups is 1. The van der Waals surface area contributed by atoms with Gasteiger partial charge in [-0.3, -0.25) is 4.79 Å². The van der Waals surface area contributed by atoms with Crippen LogP contribution >= 0.6 is 0 Å². The van der Waals surface area contributed by atoms with Crippen molar-refractivity contribution in [3.63, 3.8) is 0 Å². The van der Waals surface area contributed by atoms with Crippen molar-refractivity contribution in [3.05, 3.63) is 29.3 Å². The zero-order chi connectivity index (χ0) is 13.5. The van der Waals surface area contributed by atoms with E-state index in [1.165, 1.54) is 12.1 Å². The maximum Gasteiger partial charge on any atom is 0.217 e. The predicted octanol–water partition coefficient (Wildman–Crippen LogP) is 1.90. The van der Waals surface area contributed by atoms with Crippen LogP contribution in [-0.4, -0.2) is 12.5 Å². The van der Waals surface area contributed by atoms with Gasteiger partial charge in [0.05, 0.1) is 11.3 Å². The molecule has 1 amide bonds. The summed E-state index contributed by atoms with van der Waals surface area (Å²) in [6.45, 7) is 0.398. The number of benzene rings is 1. The SMILES string of the molecule is N#Cc1ccc(NCCCCC(N)=O)c(F)c1F. The highest BCUT2D eigenvalue weighted by molar-refractivity contribution is 5.73. The third kappa shape index (κ3) is 3.70. The van der Waals surface area contributed by atoms with Gasteiger partial charge in [0.15, 0.2) is 11.6 Å². The highest BCUT2D eigenvalue weighted by atomic mass is 19.2. The lowest BCUT2D eigenvalue weighted by molar-refractivity contribution is -0.118. The second-order valence-corrected chi connectivity index (χ2v) is 3.75. The molecule has 0 saturated carbocycles. The minimum atomic E-state index is -1.15. The number of unbranched alkanes of at least 4 members (excludes halogenated alkanes) is 1. The molecule has 1 aromatic rings. The standard InChI is InChI=1S/C12H13F2N3O/c13-11-8(7-15)4-5-9(12(11)14)17-6-2-1-3-10(16)18/h4-5,17H,1-3,6H2,(H2,16,18). The average Bonchev–Trinajstić information content (AvgIpc) is 2.33. The van der Waals surface area contributed by atoms with Crippen molar-refractivity contribution >= 4 is 11.6 Å². The van der Waals surface area contributed by atoms with Gasteiger partial charge in [-0.15, -0.1) is 0 Å². The second-order valence-electron chi connectivity index (χ2n) is 3.75. The predicted molar refractivity (Wildman–Crippen MR) is 62.6 cm³/mol. The molecule has 0 unspecified atom stereocenters. The molecule has 3 N–H and O–H groups in total. The van der Waals surface area contributed by atoms with E-state index < -0.39 is 11.6 Å². The average molecular weight is 253 g/mol. The van der Waals surface area contributed by atoms with Crippen LogP contribution in [0, 0.1) is 23.0 Å². The Bertz CT molecular complexity index is 483. The summed E-state index contributed by atoms with van der Waals surface area (Å²) in [5.74, 6) is -2.60. The normalized spacial score (nSPS) is 9.83. The van der Waals surface area contributed by atoms with Crippen LogP contribution in [0.3, 0.4) is 0 Å². The molecule has 0 bridgehead atoms. The fraction of sp³-hybridized carbons (Fsp3) is 0.333. The Labute approximate surface area is 103 Å². The van der Waals surface area contributed by atoms with E-state index in [0.717, 1.165) is 0 Å². The molecule has 0 aromatic heterocycles. The van der Waals surface area contributed by atoms with Gasteiger partial charge in [-0.2, -0.15) is 5.26 Å². The van der Waals surface area contributed by atoms with Gasteiger partial charge < -0.3 is 11.1 Å². The first-order valence-corrected chi connectivity index (χ1v) is 5.46. The zero-order valence-electron chi connectivity index (χ0n) is 9.67. The Hall–Kier alpha value is -2.16.